The Morgan fingerprint density at radius 2 is 1.71 bits per heavy atom. The van der Waals surface area contributed by atoms with E-state index in [1.54, 1.807) is 31.3 Å². The van der Waals surface area contributed by atoms with Gasteiger partial charge in [-0.05, 0) is 76.1 Å². The van der Waals surface area contributed by atoms with Crippen LogP contribution in [0, 0.1) is 39.3 Å². The van der Waals surface area contributed by atoms with Gasteiger partial charge in [-0.25, -0.2) is 13.8 Å². The third-order valence-electron chi connectivity index (χ3n) is 5.64. The molecular formula is C28H24F2N2O3. The van der Waals surface area contributed by atoms with E-state index in [1.807, 2.05) is 13.8 Å². The summed E-state index contributed by atoms with van der Waals surface area (Å²) in [5, 5.41) is 0. The highest BCUT2D eigenvalue weighted by Gasteiger charge is 2.27. The number of carbonyl (C=O) groups is 1. The molecule has 0 aliphatic carbocycles. The molecule has 0 N–H and O–H groups in total. The standard InChI is InChI=1S/C28H24F2N2O3/c1-15-11-19(17(3)33)12-16(2)25(15)32-14-18(7-10-23(32)34)24-26(35-27(31-24)28(4,5)6)21-9-8-20(29)13-22(21)30/h7-14H,4-5H2,1-3,6H3. The van der Waals surface area contributed by atoms with Crippen molar-refractivity contribution in [1.29, 1.82) is 0 Å². The Morgan fingerprint density at radius 3 is 2.29 bits per heavy atom. The van der Waals surface area contributed by atoms with Crippen LogP contribution >= 0.6 is 0 Å². The van der Waals surface area contributed by atoms with E-state index >= 15 is 0 Å². The normalized spacial score (nSPS) is 11.7. The van der Waals surface area contributed by atoms with Crippen molar-refractivity contribution < 1.29 is 18.0 Å². The molecule has 2 radical (unpaired) electrons. The summed E-state index contributed by atoms with van der Waals surface area (Å²) in [5.41, 5.74) is 2.12. The summed E-state index contributed by atoms with van der Waals surface area (Å²) in [6.45, 7) is 14.7. The Bertz CT molecular complexity index is 1500. The van der Waals surface area contributed by atoms with E-state index in [0.717, 1.165) is 23.3 Å². The van der Waals surface area contributed by atoms with Gasteiger partial charge in [0.2, 0.25) is 5.89 Å². The van der Waals surface area contributed by atoms with Crippen molar-refractivity contribution in [2.75, 3.05) is 0 Å². The average Bonchev–Trinajstić information content (AvgIpc) is 3.20. The van der Waals surface area contributed by atoms with E-state index in [-0.39, 0.29) is 34.3 Å². The number of aromatic nitrogens is 2. The average molecular weight is 475 g/mol. The monoisotopic (exact) mass is 474 g/mol. The largest absolute Gasteiger partial charge is 0.439 e. The van der Waals surface area contributed by atoms with E-state index in [2.05, 4.69) is 18.8 Å². The van der Waals surface area contributed by atoms with Gasteiger partial charge in [-0.1, -0.05) is 6.92 Å². The number of Topliss-reactive ketones (excluding diaryl/α,β-unsaturated/α-hetero) is 1. The topological polar surface area (TPSA) is 65.1 Å². The molecule has 0 atom stereocenters. The van der Waals surface area contributed by atoms with Gasteiger partial charge in [0.1, 0.15) is 17.3 Å². The van der Waals surface area contributed by atoms with E-state index in [0.29, 0.717) is 16.8 Å². The van der Waals surface area contributed by atoms with Gasteiger partial charge in [-0.2, -0.15) is 0 Å². The number of hydrogen-bond donors (Lipinski definition) is 0. The molecule has 2 heterocycles. The third kappa shape index (κ3) is 4.58. The Labute approximate surface area is 202 Å². The maximum absolute atomic E-state index is 14.7. The lowest BCUT2D eigenvalue weighted by molar-refractivity contribution is 0.101. The fourth-order valence-electron chi connectivity index (χ4n) is 3.97. The molecule has 4 rings (SSSR count). The molecule has 0 spiro atoms. The molecule has 0 bridgehead atoms. The molecule has 0 saturated carbocycles. The molecule has 0 unspecified atom stereocenters. The fraction of sp³-hybridized carbons (Fsp3) is 0.179. The predicted octanol–water partition coefficient (Wildman–Crippen LogP) is 6.18. The summed E-state index contributed by atoms with van der Waals surface area (Å²) in [6, 6.07) is 9.56. The highest BCUT2D eigenvalue weighted by atomic mass is 19.1. The molecule has 0 fully saturated rings. The van der Waals surface area contributed by atoms with Crippen LogP contribution in [0.2, 0.25) is 0 Å². The quantitative estimate of drug-likeness (QED) is 0.324. The van der Waals surface area contributed by atoms with Gasteiger partial charge in [0, 0.05) is 34.9 Å². The summed E-state index contributed by atoms with van der Waals surface area (Å²) >= 11 is 0. The lowest BCUT2D eigenvalue weighted by atomic mass is 9.97. The number of pyridine rings is 1. The highest BCUT2D eigenvalue weighted by molar-refractivity contribution is 5.94. The Hall–Kier alpha value is -3.87. The number of benzene rings is 2. The SMILES string of the molecule is [CH2]C([CH2])(C)c1nc(-c2ccc(=O)n(-c3c(C)cc(C(C)=O)cc3C)c2)c(-c2ccc(F)cc2F)o1. The second kappa shape index (κ2) is 8.73. The van der Waals surface area contributed by atoms with Crippen LogP contribution in [0.1, 0.15) is 41.2 Å². The molecule has 0 amide bonds. The lowest BCUT2D eigenvalue weighted by Gasteiger charge is -2.15. The first-order valence-electron chi connectivity index (χ1n) is 10.9. The van der Waals surface area contributed by atoms with Crippen LogP contribution in [0.5, 0.6) is 0 Å². The first-order chi connectivity index (χ1) is 16.4. The van der Waals surface area contributed by atoms with E-state index in [9.17, 15) is 18.4 Å². The number of rotatable bonds is 5. The van der Waals surface area contributed by atoms with Crippen molar-refractivity contribution >= 4 is 5.78 Å². The van der Waals surface area contributed by atoms with Crippen molar-refractivity contribution in [3.05, 3.63) is 107 Å². The van der Waals surface area contributed by atoms with Crippen LogP contribution in [-0.2, 0) is 5.41 Å². The molecule has 7 heteroatoms. The van der Waals surface area contributed by atoms with Crippen LogP contribution in [0.4, 0.5) is 8.78 Å². The Morgan fingerprint density at radius 1 is 1.06 bits per heavy atom. The predicted molar refractivity (Wildman–Crippen MR) is 130 cm³/mol. The molecule has 35 heavy (non-hydrogen) atoms. The zero-order valence-corrected chi connectivity index (χ0v) is 19.9. The maximum atomic E-state index is 14.7. The minimum absolute atomic E-state index is 0.0142. The fourth-order valence-corrected chi connectivity index (χ4v) is 3.97. The molecule has 178 valence electrons. The van der Waals surface area contributed by atoms with Crippen LogP contribution in [-0.4, -0.2) is 15.3 Å². The van der Waals surface area contributed by atoms with Crippen LogP contribution < -0.4 is 5.56 Å². The van der Waals surface area contributed by atoms with Crippen molar-refractivity contribution in [2.24, 2.45) is 0 Å². The molecule has 0 aliphatic rings. The van der Waals surface area contributed by atoms with E-state index in [1.165, 1.54) is 23.6 Å². The first kappa shape index (κ1) is 24.3. The summed E-state index contributed by atoms with van der Waals surface area (Å²) in [4.78, 5) is 29.3. The van der Waals surface area contributed by atoms with Gasteiger partial charge in [0.05, 0.1) is 11.3 Å². The maximum Gasteiger partial charge on any atom is 0.255 e. The third-order valence-corrected chi connectivity index (χ3v) is 5.64. The molecule has 0 aliphatic heterocycles. The summed E-state index contributed by atoms with van der Waals surface area (Å²) in [5.74, 6) is -1.39. The highest BCUT2D eigenvalue weighted by Crippen LogP contribution is 2.37. The number of halogens is 2. The molecular weight excluding hydrogens is 450 g/mol. The number of aryl methyl sites for hydroxylation is 2. The second-order valence-corrected chi connectivity index (χ2v) is 9.02. The van der Waals surface area contributed by atoms with Gasteiger partial charge >= 0.3 is 0 Å². The van der Waals surface area contributed by atoms with Gasteiger partial charge in [0.15, 0.2) is 11.5 Å². The van der Waals surface area contributed by atoms with Crippen LogP contribution in [0.25, 0.3) is 28.3 Å². The van der Waals surface area contributed by atoms with Gasteiger partial charge in [-0.3, -0.25) is 14.2 Å². The zero-order valence-electron chi connectivity index (χ0n) is 19.9. The Balaban J connectivity index is 1.96. The Kier molecular flexibility index (Phi) is 6.05. The lowest BCUT2D eigenvalue weighted by Crippen LogP contribution is -2.19. The van der Waals surface area contributed by atoms with Gasteiger partial charge in [0.25, 0.3) is 5.56 Å². The van der Waals surface area contributed by atoms with Gasteiger partial charge < -0.3 is 4.42 Å². The number of carbonyl (C=O) groups excluding carboxylic acids is 1. The molecule has 5 nitrogen and oxygen atoms in total. The smallest absolute Gasteiger partial charge is 0.255 e. The minimum atomic E-state index is -0.979. The van der Waals surface area contributed by atoms with E-state index < -0.39 is 17.0 Å². The van der Waals surface area contributed by atoms with E-state index in [4.69, 9.17) is 4.42 Å². The second-order valence-electron chi connectivity index (χ2n) is 9.02. The number of ketones is 1. The van der Waals surface area contributed by atoms with Crippen molar-refractivity contribution in [2.45, 2.75) is 33.1 Å². The number of hydrogen-bond acceptors (Lipinski definition) is 4. The van der Waals surface area contributed by atoms with Crippen LogP contribution in [0.3, 0.4) is 0 Å². The molecule has 2 aromatic heterocycles. The zero-order chi connectivity index (χ0) is 25.7. The summed E-state index contributed by atoms with van der Waals surface area (Å²) in [7, 11) is 0. The number of nitrogens with zero attached hydrogens (tertiary/aromatic N) is 2. The molecule has 4 aromatic rings. The van der Waals surface area contributed by atoms with Gasteiger partial charge in [-0.15, -0.1) is 0 Å². The number of oxazole rings is 1. The summed E-state index contributed by atoms with van der Waals surface area (Å²) in [6.07, 6.45) is 1.58. The van der Waals surface area contributed by atoms with Crippen molar-refractivity contribution in [3.8, 4) is 28.3 Å². The first-order valence-corrected chi connectivity index (χ1v) is 10.9. The van der Waals surface area contributed by atoms with Crippen molar-refractivity contribution in [1.82, 2.24) is 9.55 Å². The molecule has 0 saturated heterocycles. The van der Waals surface area contributed by atoms with Crippen LogP contribution in [0.15, 0.2) is 57.9 Å². The minimum Gasteiger partial charge on any atom is -0.439 e. The summed E-state index contributed by atoms with van der Waals surface area (Å²) < 4.78 is 35.6. The van der Waals surface area contributed by atoms with Crippen molar-refractivity contribution in [3.63, 3.8) is 0 Å². The molecule has 2 aromatic carbocycles.